The van der Waals surface area contributed by atoms with Crippen molar-refractivity contribution in [1.29, 1.82) is 0 Å². The summed E-state index contributed by atoms with van der Waals surface area (Å²) in [4.78, 5) is 14.3. The highest BCUT2D eigenvalue weighted by Gasteiger charge is 2.38. The molecule has 0 radical (unpaired) electrons. The predicted molar refractivity (Wildman–Crippen MR) is 68.9 cm³/mol. The molecule has 98 valence electrons. The number of carbonyl (C=O) groups is 1. The van der Waals surface area contributed by atoms with E-state index < -0.39 is 0 Å². The van der Waals surface area contributed by atoms with Gasteiger partial charge in [-0.25, -0.2) is 4.39 Å². The summed E-state index contributed by atoms with van der Waals surface area (Å²) in [5.41, 5.74) is 6.54. The van der Waals surface area contributed by atoms with Gasteiger partial charge < -0.3 is 10.6 Å². The molecule has 0 saturated carbocycles. The van der Waals surface area contributed by atoms with Gasteiger partial charge in [0.05, 0.1) is 5.54 Å². The van der Waals surface area contributed by atoms with Crippen molar-refractivity contribution in [1.82, 2.24) is 4.90 Å². The van der Waals surface area contributed by atoms with Gasteiger partial charge in [-0.05, 0) is 50.5 Å². The number of aryl methyl sites for hydroxylation is 1. The lowest BCUT2D eigenvalue weighted by molar-refractivity contribution is 0.0636. The zero-order valence-corrected chi connectivity index (χ0v) is 10.9. The maximum absolute atomic E-state index is 13.2. The first kappa shape index (κ1) is 13.0. The first-order chi connectivity index (χ1) is 8.48. The Hall–Kier alpha value is -1.42. The molecule has 0 aromatic heterocycles. The topological polar surface area (TPSA) is 46.3 Å². The van der Waals surface area contributed by atoms with Gasteiger partial charge in [0.2, 0.25) is 0 Å². The summed E-state index contributed by atoms with van der Waals surface area (Å²) in [6.07, 6.45) is 1.90. The van der Waals surface area contributed by atoms with E-state index in [1.165, 1.54) is 6.07 Å². The zero-order chi connectivity index (χ0) is 13.3. The molecule has 1 atom stereocenters. The fourth-order valence-corrected chi connectivity index (χ4v) is 2.52. The summed E-state index contributed by atoms with van der Waals surface area (Å²) in [5.74, 6) is -0.335. The van der Waals surface area contributed by atoms with Gasteiger partial charge in [-0.2, -0.15) is 0 Å². The number of amides is 1. The van der Waals surface area contributed by atoms with Crippen LogP contribution in [0.25, 0.3) is 0 Å². The van der Waals surface area contributed by atoms with Gasteiger partial charge in [0.1, 0.15) is 5.82 Å². The third-order valence-corrected chi connectivity index (χ3v) is 3.84. The first-order valence-corrected chi connectivity index (χ1v) is 6.26. The fraction of sp³-hybridized carbons (Fsp3) is 0.500. The van der Waals surface area contributed by atoms with Crippen LogP contribution in [0.15, 0.2) is 18.2 Å². The number of hydrogen-bond donors (Lipinski definition) is 1. The molecule has 18 heavy (non-hydrogen) atoms. The highest BCUT2D eigenvalue weighted by Crippen LogP contribution is 2.29. The predicted octanol–water partition coefficient (Wildman–Crippen LogP) is 2.09. The van der Waals surface area contributed by atoms with Crippen molar-refractivity contribution in [3.05, 3.63) is 35.1 Å². The Morgan fingerprint density at radius 1 is 1.56 bits per heavy atom. The third kappa shape index (κ3) is 2.12. The number of benzene rings is 1. The van der Waals surface area contributed by atoms with Crippen LogP contribution in [0.2, 0.25) is 0 Å². The molecule has 4 heteroatoms. The van der Waals surface area contributed by atoms with Gasteiger partial charge in [-0.15, -0.1) is 0 Å². The van der Waals surface area contributed by atoms with Crippen LogP contribution in [0.3, 0.4) is 0 Å². The van der Waals surface area contributed by atoms with E-state index >= 15 is 0 Å². The lowest BCUT2D eigenvalue weighted by Gasteiger charge is -2.34. The average Bonchev–Trinajstić information content (AvgIpc) is 2.75. The van der Waals surface area contributed by atoms with E-state index in [1.54, 1.807) is 19.1 Å². The number of nitrogens with two attached hydrogens (primary N) is 1. The molecule has 1 heterocycles. The van der Waals surface area contributed by atoms with Gasteiger partial charge in [0, 0.05) is 18.7 Å². The molecule has 0 spiro atoms. The molecular formula is C14H19FN2O. The van der Waals surface area contributed by atoms with Crippen LogP contribution in [-0.4, -0.2) is 29.4 Å². The highest BCUT2D eigenvalue weighted by molar-refractivity contribution is 5.95. The molecule has 1 amide bonds. The van der Waals surface area contributed by atoms with Gasteiger partial charge in [-0.3, -0.25) is 4.79 Å². The van der Waals surface area contributed by atoms with Crippen molar-refractivity contribution < 1.29 is 9.18 Å². The van der Waals surface area contributed by atoms with E-state index in [-0.39, 0.29) is 17.3 Å². The standard InChI is InChI=1S/C14H19FN2O/c1-10-8-11(4-5-12(10)15)13(18)17-7-3-6-14(17,2)9-16/h4-5,8H,3,6-7,9,16H2,1-2H3. The van der Waals surface area contributed by atoms with Gasteiger partial charge >= 0.3 is 0 Å². The van der Waals surface area contributed by atoms with Crippen LogP contribution in [0, 0.1) is 12.7 Å². The largest absolute Gasteiger partial charge is 0.332 e. The first-order valence-electron chi connectivity index (χ1n) is 6.26. The van der Waals surface area contributed by atoms with E-state index in [0.29, 0.717) is 17.7 Å². The molecule has 1 aliphatic rings. The van der Waals surface area contributed by atoms with E-state index in [0.717, 1.165) is 19.4 Å². The summed E-state index contributed by atoms with van der Waals surface area (Å²) in [7, 11) is 0. The number of nitrogens with zero attached hydrogens (tertiary/aromatic N) is 1. The molecule has 2 N–H and O–H groups in total. The minimum atomic E-state index is -0.283. The van der Waals surface area contributed by atoms with Crippen LogP contribution in [0.5, 0.6) is 0 Å². The van der Waals surface area contributed by atoms with Crippen molar-refractivity contribution in [2.45, 2.75) is 32.2 Å². The number of carbonyl (C=O) groups excluding carboxylic acids is 1. The van der Waals surface area contributed by atoms with Gasteiger partial charge in [0.25, 0.3) is 5.91 Å². The molecule has 0 aliphatic carbocycles. The molecule has 3 nitrogen and oxygen atoms in total. The summed E-state index contributed by atoms with van der Waals surface area (Å²) in [6.45, 7) is 4.86. The SMILES string of the molecule is Cc1cc(C(=O)N2CCCC2(C)CN)ccc1F. The van der Waals surface area contributed by atoms with Crippen molar-refractivity contribution in [2.75, 3.05) is 13.1 Å². The van der Waals surface area contributed by atoms with Crippen LogP contribution < -0.4 is 5.73 Å². The highest BCUT2D eigenvalue weighted by atomic mass is 19.1. The maximum atomic E-state index is 13.2. The summed E-state index contributed by atoms with van der Waals surface area (Å²) in [6, 6.07) is 4.49. The Kier molecular flexibility index (Phi) is 3.39. The Morgan fingerprint density at radius 3 is 2.89 bits per heavy atom. The fourth-order valence-electron chi connectivity index (χ4n) is 2.52. The molecule has 1 aromatic rings. The van der Waals surface area contributed by atoms with E-state index in [4.69, 9.17) is 5.73 Å². The number of likely N-dealkylation sites (tertiary alicyclic amines) is 1. The van der Waals surface area contributed by atoms with E-state index in [2.05, 4.69) is 0 Å². The summed E-state index contributed by atoms with van der Waals surface area (Å²) < 4.78 is 13.2. The maximum Gasteiger partial charge on any atom is 0.254 e. The lowest BCUT2D eigenvalue weighted by Crippen LogP contribution is -2.50. The van der Waals surface area contributed by atoms with E-state index in [9.17, 15) is 9.18 Å². The Labute approximate surface area is 107 Å². The normalized spacial score (nSPS) is 23.4. The number of halogens is 1. The molecule has 0 bridgehead atoms. The van der Waals surface area contributed by atoms with Crippen molar-refractivity contribution >= 4 is 5.91 Å². The molecule has 1 fully saturated rings. The zero-order valence-electron chi connectivity index (χ0n) is 10.9. The lowest BCUT2D eigenvalue weighted by atomic mass is 9.98. The second-order valence-corrected chi connectivity index (χ2v) is 5.23. The summed E-state index contributed by atoms with van der Waals surface area (Å²) in [5, 5.41) is 0. The van der Waals surface area contributed by atoms with Crippen molar-refractivity contribution in [3.8, 4) is 0 Å². The third-order valence-electron chi connectivity index (χ3n) is 3.84. The van der Waals surface area contributed by atoms with Gasteiger partial charge in [0.15, 0.2) is 0 Å². The van der Waals surface area contributed by atoms with E-state index in [1.807, 2.05) is 11.8 Å². The molecule has 1 saturated heterocycles. The molecular weight excluding hydrogens is 231 g/mol. The minimum absolute atomic E-state index is 0.0523. The monoisotopic (exact) mass is 250 g/mol. The number of hydrogen-bond acceptors (Lipinski definition) is 2. The Morgan fingerprint density at radius 2 is 2.28 bits per heavy atom. The van der Waals surface area contributed by atoms with Crippen molar-refractivity contribution in [2.24, 2.45) is 5.73 Å². The Bertz CT molecular complexity index is 475. The molecule has 2 rings (SSSR count). The van der Waals surface area contributed by atoms with Crippen LogP contribution in [0.1, 0.15) is 35.7 Å². The summed E-state index contributed by atoms with van der Waals surface area (Å²) >= 11 is 0. The van der Waals surface area contributed by atoms with Crippen LogP contribution in [0.4, 0.5) is 4.39 Å². The smallest absolute Gasteiger partial charge is 0.254 e. The van der Waals surface area contributed by atoms with Gasteiger partial charge in [-0.1, -0.05) is 0 Å². The minimum Gasteiger partial charge on any atom is -0.332 e. The molecule has 1 aromatic carbocycles. The number of rotatable bonds is 2. The van der Waals surface area contributed by atoms with Crippen LogP contribution in [-0.2, 0) is 0 Å². The molecule has 1 unspecified atom stereocenters. The van der Waals surface area contributed by atoms with Crippen LogP contribution >= 0.6 is 0 Å². The quantitative estimate of drug-likeness (QED) is 0.873. The average molecular weight is 250 g/mol. The second kappa shape index (κ2) is 4.69. The Balaban J connectivity index is 2.28. The molecule has 1 aliphatic heterocycles. The van der Waals surface area contributed by atoms with Crippen molar-refractivity contribution in [3.63, 3.8) is 0 Å². The second-order valence-electron chi connectivity index (χ2n) is 5.23.